The molecule has 5 heteroatoms. The van der Waals surface area contributed by atoms with Gasteiger partial charge in [-0.25, -0.2) is 4.39 Å². The summed E-state index contributed by atoms with van der Waals surface area (Å²) in [5.41, 5.74) is 0.321. The third-order valence-electron chi connectivity index (χ3n) is 2.36. The monoisotopic (exact) mass is 272 g/mol. The van der Waals surface area contributed by atoms with E-state index in [-0.39, 0.29) is 27.6 Å². The minimum absolute atomic E-state index is 0.0359. The van der Waals surface area contributed by atoms with Gasteiger partial charge in [0.25, 0.3) is 0 Å². The van der Waals surface area contributed by atoms with Gasteiger partial charge in [-0.05, 0) is 30.3 Å². The van der Waals surface area contributed by atoms with E-state index in [4.69, 9.17) is 26.9 Å². The number of ether oxygens (including phenoxy) is 1. The summed E-state index contributed by atoms with van der Waals surface area (Å²) in [6, 6.07) is 12.2. The van der Waals surface area contributed by atoms with Crippen LogP contribution in [0.2, 0.25) is 5.02 Å². The highest BCUT2D eigenvalue weighted by Crippen LogP contribution is 2.31. The maximum Gasteiger partial charge on any atom is 0.167 e. The van der Waals surface area contributed by atoms with E-state index >= 15 is 0 Å². The van der Waals surface area contributed by atoms with Crippen molar-refractivity contribution in [3.63, 3.8) is 0 Å². The van der Waals surface area contributed by atoms with E-state index in [0.29, 0.717) is 0 Å². The summed E-state index contributed by atoms with van der Waals surface area (Å²) in [5.74, 6) is -0.721. The lowest BCUT2D eigenvalue weighted by molar-refractivity contribution is 0.440. The van der Waals surface area contributed by atoms with Crippen LogP contribution in [0.3, 0.4) is 0 Å². The van der Waals surface area contributed by atoms with Gasteiger partial charge in [0, 0.05) is 5.02 Å². The smallest absolute Gasteiger partial charge is 0.167 e. The molecule has 0 bridgehead atoms. The van der Waals surface area contributed by atoms with Crippen LogP contribution in [0.1, 0.15) is 11.1 Å². The Balaban J connectivity index is 2.49. The molecule has 0 amide bonds. The van der Waals surface area contributed by atoms with Gasteiger partial charge in [-0.2, -0.15) is 10.5 Å². The zero-order valence-electron chi connectivity index (χ0n) is 9.52. The zero-order valence-corrected chi connectivity index (χ0v) is 10.3. The topological polar surface area (TPSA) is 56.8 Å². The molecule has 3 nitrogen and oxygen atoms in total. The molecule has 0 heterocycles. The Labute approximate surface area is 114 Å². The summed E-state index contributed by atoms with van der Waals surface area (Å²) in [5, 5.41) is 18.2. The number of rotatable bonds is 2. The van der Waals surface area contributed by atoms with E-state index in [1.165, 1.54) is 24.3 Å². The molecule has 92 valence electrons. The second-order valence-electron chi connectivity index (χ2n) is 3.58. The minimum atomic E-state index is -0.663. The number of nitrogens with zero attached hydrogens (tertiary/aromatic N) is 2. The molecular formula is C14H6ClFN2O. The fourth-order valence-corrected chi connectivity index (χ4v) is 1.65. The quantitative estimate of drug-likeness (QED) is 0.830. The number of para-hydroxylation sites is 1. The summed E-state index contributed by atoms with van der Waals surface area (Å²) in [6.45, 7) is 0. The minimum Gasteiger partial charge on any atom is -0.451 e. The fraction of sp³-hybridized carbons (Fsp3) is 0. The van der Waals surface area contributed by atoms with Crippen molar-refractivity contribution in [1.29, 1.82) is 10.5 Å². The van der Waals surface area contributed by atoms with Crippen LogP contribution in [-0.4, -0.2) is 0 Å². The molecule has 0 fully saturated rings. The molecule has 2 aromatic rings. The van der Waals surface area contributed by atoms with Gasteiger partial charge in [0.1, 0.15) is 12.1 Å². The molecule has 0 saturated heterocycles. The van der Waals surface area contributed by atoms with Crippen molar-refractivity contribution in [1.82, 2.24) is 0 Å². The van der Waals surface area contributed by atoms with Crippen LogP contribution in [0, 0.1) is 28.5 Å². The summed E-state index contributed by atoms with van der Waals surface area (Å²) in [6.07, 6.45) is 0. The Kier molecular flexibility index (Phi) is 3.66. The molecule has 0 aliphatic rings. The molecule has 0 atom stereocenters. The average molecular weight is 273 g/mol. The highest BCUT2D eigenvalue weighted by Gasteiger charge is 2.13. The first-order valence-corrected chi connectivity index (χ1v) is 5.59. The molecule has 0 spiro atoms. The Morgan fingerprint density at radius 2 is 1.68 bits per heavy atom. The van der Waals surface area contributed by atoms with Gasteiger partial charge >= 0.3 is 0 Å². The van der Waals surface area contributed by atoms with Gasteiger partial charge in [0.05, 0.1) is 11.1 Å². The molecular weight excluding hydrogens is 267 g/mol. The average Bonchev–Trinajstić information content (AvgIpc) is 2.42. The number of hydrogen-bond donors (Lipinski definition) is 0. The standard InChI is InChI=1S/C14H6ClFN2O/c15-11-4-5-13(12(16)6-11)19-14-9(7-17)2-1-3-10(14)8-18/h1-6H. The van der Waals surface area contributed by atoms with Gasteiger partial charge in [-0.15, -0.1) is 0 Å². The molecule has 0 aliphatic carbocycles. The largest absolute Gasteiger partial charge is 0.451 e. The van der Waals surface area contributed by atoms with Gasteiger partial charge in [-0.3, -0.25) is 0 Å². The first-order valence-electron chi connectivity index (χ1n) is 5.22. The maximum absolute atomic E-state index is 13.6. The highest BCUT2D eigenvalue weighted by atomic mass is 35.5. The van der Waals surface area contributed by atoms with Crippen molar-refractivity contribution in [2.24, 2.45) is 0 Å². The molecule has 0 saturated carbocycles. The van der Waals surface area contributed by atoms with Gasteiger partial charge in [0.15, 0.2) is 17.3 Å². The van der Waals surface area contributed by atoms with Gasteiger partial charge in [0.2, 0.25) is 0 Å². The van der Waals surface area contributed by atoms with E-state index in [1.807, 2.05) is 12.1 Å². The van der Waals surface area contributed by atoms with Crippen LogP contribution >= 0.6 is 11.6 Å². The van der Waals surface area contributed by atoms with E-state index in [0.717, 1.165) is 6.07 Å². The Morgan fingerprint density at radius 1 is 1.05 bits per heavy atom. The molecule has 0 aromatic heterocycles. The summed E-state index contributed by atoms with van der Waals surface area (Å²) in [7, 11) is 0. The predicted octanol–water partition coefficient (Wildman–Crippen LogP) is 4.01. The molecule has 2 aromatic carbocycles. The van der Waals surface area contributed by atoms with E-state index < -0.39 is 5.82 Å². The lowest BCUT2D eigenvalue weighted by Crippen LogP contribution is -1.94. The van der Waals surface area contributed by atoms with Gasteiger partial charge < -0.3 is 4.74 Å². The van der Waals surface area contributed by atoms with Crippen LogP contribution < -0.4 is 4.74 Å². The van der Waals surface area contributed by atoms with Gasteiger partial charge in [-0.1, -0.05) is 17.7 Å². The van der Waals surface area contributed by atoms with Crippen molar-refractivity contribution < 1.29 is 9.13 Å². The molecule has 2 rings (SSSR count). The fourth-order valence-electron chi connectivity index (χ4n) is 1.49. The molecule has 0 N–H and O–H groups in total. The van der Waals surface area contributed by atoms with Crippen LogP contribution in [0.15, 0.2) is 36.4 Å². The third-order valence-corrected chi connectivity index (χ3v) is 2.60. The first kappa shape index (κ1) is 12.9. The van der Waals surface area contributed by atoms with Crippen molar-refractivity contribution in [2.75, 3.05) is 0 Å². The highest BCUT2D eigenvalue weighted by molar-refractivity contribution is 6.30. The molecule has 19 heavy (non-hydrogen) atoms. The maximum atomic E-state index is 13.6. The predicted molar refractivity (Wildman–Crippen MR) is 67.4 cm³/mol. The van der Waals surface area contributed by atoms with Crippen LogP contribution in [0.4, 0.5) is 4.39 Å². The Hall–Kier alpha value is -2.56. The van der Waals surface area contributed by atoms with Crippen LogP contribution in [0.5, 0.6) is 11.5 Å². The Morgan fingerprint density at radius 3 is 2.21 bits per heavy atom. The van der Waals surface area contributed by atoms with E-state index in [9.17, 15) is 4.39 Å². The lowest BCUT2D eigenvalue weighted by atomic mass is 10.1. The lowest BCUT2D eigenvalue weighted by Gasteiger charge is -2.09. The Bertz CT molecular complexity index is 684. The zero-order chi connectivity index (χ0) is 13.8. The van der Waals surface area contributed by atoms with Crippen molar-refractivity contribution >= 4 is 11.6 Å². The first-order chi connectivity index (χ1) is 9.15. The van der Waals surface area contributed by atoms with Crippen molar-refractivity contribution in [2.45, 2.75) is 0 Å². The summed E-state index contributed by atoms with van der Waals surface area (Å²) in [4.78, 5) is 0. The summed E-state index contributed by atoms with van der Waals surface area (Å²) >= 11 is 5.64. The van der Waals surface area contributed by atoms with Crippen molar-refractivity contribution in [3.8, 4) is 23.6 Å². The number of hydrogen-bond acceptors (Lipinski definition) is 3. The molecule has 0 aliphatic heterocycles. The summed E-state index contributed by atoms with van der Waals surface area (Å²) < 4.78 is 19.0. The van der Waals surface area contributed by atoms with Crippen LogP contribution in [0.25, 0.3) is 0 Å². The second kappa shape index (κ2) is 5.39. The normalized spacial score (nSPS) is 9.47. The SMILES string of the molecule is N#Cc1cccc(C#N)c1Oc1ccc(Cl)cc1F. The number of nitriles is 2. The van der Waals surface area contributed by atoms with E-state index in [1.54, 1.807) is 6.07 Å². The van der Waals surface area contributed by atoms with Crippen molar-refractivity contribution in [3.05, 3.63) is 58.4 Å². The number of halogens is 2. The molecule has 0 unspecified atom stereocenters. The second-order valence-corrected chi connectivity index (χ2v) is 4.02. The molecule has 0 radical (unpaired) electrons. The number of benzene rings is 2. The third kappa shape index (κ3) is 2.65. The van der Waals surface area contributed by atoms with E-state index in [2.05, 4.69) is 0 Å². The van der Waals surface area contributed by atoms with Crippen LogP contribution in [-0.2, 0) is 0 Å².